The van der Waals surface area contributed by atoms with Crippen LogP contribution in [0, 0.1) is 0 Å². The molecule has 0 heterocycles. The van der Waals surface area contributed by atoms with Gasteiger partial charge in [0, 0.05) is 0 Å². The summed E-state index contributed by atoms with van der Waals surface area (Å²) in [5.41, 5.74) is 0. The average molecular weight is 150 g/mol. The smallest absolute Gasteiger partial charge is 0.0866 e. The molecule has 0 aromatic heterocycles. The van der Waals surface area contributed by atoms with Gasteiger partial charge in [0.2, 0.25) is 0 Å². The van der Waals surface area contributed by atoms with Crippen molar-refractivity contribution in [3.63, 3.8) is 0 Å². The van der Waals surface area contributed by atoms with E-state index >= 15 is 0 Å². The van der Waals surface area contributed by atoms with Crippen LogP contribution in [0.25, 0.3) is 0 Å². The van der Waals surface area contributed by atoms with Crippen LogP contribution in [-0.2, 0) is 0 Å². The Hall–Kier alpha value is -0.890. The summed E-state index contributed by atoms with van der Waals surface area (Å²) in [6, 6.07) is 0.590. The van der Waals surface area contributed by atoms with Crippen LogP contribution in [0.1, 0.15) is 0 Å². The molecule has 0 saturated heterocycles. The van der Waals surface area contributed by atoms with Crippen LogP contribution < -0.4 is 0 Å². The normalized spacial score (nSPS) is 29.4. The molecule has 2 atom stereocenters. The summed E-state index contributed by atoms with van der Waals surface area (Å²) in [5.74, 6) is 0. The van der Waals surface area contributed by atoms with E-state index in [1.54, 1.807) is 0 Å². The fourth-order valence-corrected chi connectivity index (χ4v) is 1.23. The van der Waals surface area contributed by atoms with E-state index < -0.39 is 0 Å². The fourth-order valence-electron chi connectivity index (χ4n) is 1.23. The second kappa shape index (κ2) is 3.49. The second-order valence-corrected chi connectivity index (χ2v) is 2.90. The van der Waals surface area contributed by atoms with Crippen LogP contribution >= 0.6 is 0 Å². The zero-order chi connectivity index (χ0) is 8.27. The summed E-state index contributed by atoms with van der Waals surface area (Å²) in [5, 5.41) is 0. The summed E-state index contributed by atoms with van der Waals surface area (Å²) in [7, 11) is 4.10. The third kappa shape index (κ3) is 1.77. The molecule has 0 saturated carbocycles. The van der Waals surface area contributed by atoms with Crippen LogP contribution in [0.3, 0.4) is 0 Å². The van der Waals surface area contributed by atoms with Gasteiger partial charge in [-0.05, 0) is 20.8 Å². The Kier molecular flexibility index (Phi) is 2.60. The largest absolute Gasteiger partial charge is 0.301 e. The zero-order valence-corrected chi connectivity index (χ0v) is 7.07. The van der Waals surface area contributed by atoms with Crippen molar-refractivity contribution in [2.24, 2.45) is 4.99 Å². The molecule has 2 nitrogen and oxygen atoms in total. The summed E-state index contributed by atoms with van der Waals surface area (Å²) in [6.07, 6.45) is 8.27. The van der Waals surface area contributed by atoms with Gasteiger partial charge in [0.05, 0.1) is 12.1 Å². The third-order valence-corrected chi connectivity index (χ3v) is 1.88. The van der Waals surface area contributed by atoms with Gasteiger partial charge in [0.15, 0.2) is 0 Å². The average Bonchev–Trinajstić information content (AvgIpc) is 2.04. The Morgan fingerprint density at radius 1 is 1.27 bits per heavy atom. The van der Waals surface area contributed by atoms with Crippen LogP contribution in [0.5, 0.6) is 0 Å². The van der Waals surface area contributed by atoms with E-state index in [1.807, 2.05) is 26.2 Å². The van der Waals surface area contributed by atoms with Crippen molar-refractivity contribution in [2.45, 2.75) is 12.1 Å². The van der Waals surface area contributed by atoms with E-state index in [0.29, 0.717) is 6.04 Å². The Morgan fingerprint density at radius 3 is 2.36 bits per heavy atom. The highest BCUT2D eigenvalue weighted by Gasteiger charge is 2.17. The van der Waals surface area contributed by atoms with Crippen molar-refractivity contribution < 1.29 is 0 Å². The first kappa shape index (κ1) is 8.21. The molecule has 0 bridgehead atoms. The summed E-state index contributed by atoms with van der Waals surface area (Å²) < 4.78 is 0. The van der Waals surface area contributed by atoms with Gasteiger partial charge in [-0.25, -0.2) is 0 Å². The van der Waals surface area contributed by atoms with Gasteiger partial charge in [-0.1, -0.05) is 24.3 Å². The van der Waals surface area contributed by atoms with E-state index in [4.69, 9.17) is 0 Å². The highest BCUT2D eigenvalue weighted by Crippen LogP contribution is 2.11. The SMILES string of the molecule is C=NC1C=CC=CC1N(C)C. The highest BCUT2D eigenvalue weighted by molar-refractivity contribution is 5.29. The maximum atomic E-state index is 4.02. The monoisotopic (exact) mass is 150 g/mol. The maximum absolute atomic E-state index is 4.02. The number of allylic oxidation sites excluding steroid dienone is 2. The molecular weight excluding hydrogens is 136 g/mol. The summed E-state index contributed by atoms with van der Waals surface area (Å²) in [4.78, 5) is 6.16. The van der Waals surface area contributed by atoms with E-state index in [-0.39, 0.29) is 6.04 Å². The molecule has 1 aliphatic rings. The predicted molar refractivity (Wildman–Crippen MR) is 49.1 cm³/mol. The lowest BCUT2D eigenvalue weighted by Gasteiger charge is -2.26. The molecule has 11 heavy (non-hydrogen) atoms. The number of nitrogens with zero attached hydrogens (tertiary/aromatic N) is 2. The van der Waals surface area contributed by atoms with Crippen molar-refractivity contribution in [3.05, 3.63) is 24.3 Å². The molecule has 60 valence electrons. The topological polar surface area (TPSA) is 15.6 Å². The molecule has 0 fully saturated rings. The van der Waals surface area contributed by atoms with E-state index in [2.05, 4.69) is 28.8 Å². The molecule has 0 amide bonds. The van der Waals surface area contributed by atoms with Crippen molar-refractivity contribution >= 4 is 6.72 Å². The number of rotatable bonds is 2. The minimum absolute atomic E-state index is 0.218. The van der Waals surface area contributed by atoms with Gasteiger partial charge in [-0.3, -0.25) is 4.99 Å². The van der Waals surface area contributed by atoms with Gasteiger partial charge >= 0.3 is 0 Å². The number of aliphatic imine (C=N–C) groups is 1. The van der Waals surface area contributed by atoms with E-state index in [0.717, 1.165) is 0 Å². The number of hydrogen-bond donors (Lipinski definition) is 0. The summed E-state index contributed by atoms with van der Waals surface area (Å²) >= 11 is 0. The first-order valence-electron chi connectivity index (χ1n) is 3.73. The van der Waals surface area contributed by atoms with E-state index in [9.17, 15) is 0 Å². The van der Waals surface area contributed by atoms with Gasteiger partial charge in [0.25, 0.3) is 0 Å². The Morgan fingerprint density at radius 2 is 1.91 bits per heavy atom. The molecule has 2 heteroatoms. The maximum Gasteiger partial charge on any atom is 0.0866 e. The van der Waals surface area contributed by atoms with Crippen molar-refractivity contribution in [2.75, 3.05) is 14.1 Å². The fraction of sp³-hybridized carbons (Fsp3) is 0.444. The van der Waals surface area contributed by atoms with Crippen molar-refractivity contribution in [1.29, 1.82) is 0 Å². The molecule has 0 aliphatic heterocycles. The molecule has 1 aliphatic carbocycles. The lowest BCUT2D eigenvalue weighted by atomic mass is 10.0. The lowest BCUT2D eigenvalue weighted by Crippen LogP contribution is -2.36. The number of hydrogen-bond acceptors (Lipinski definition) is 2. The molecule has 1 rings (SSSR count). The van der Waals surface area contributed by atoms with Crippen LogP contribution in [0.15, 0.2) is 29.3 Å². The highest BCUT2D eigenvalue weighted by atomic mass is 15.1. The Labute approximate surface area is 67.9 Å². The lowest BCUT2D eigenvalue weighted by molar-refractivity contribution is 0.322. The first-order chi connectivity index (χ1) is 5.25. The number of likely N-dealkylation sites (N-methyl/N-ethyl adjacent to an activating group) is 1. The molecule has 0 spiro atoms. The Bertz CT molecular complexity index is 192. The zero-order valence-electron chi connectivity index (χ0n) is 7.07. The van der Waals surface area contributed by atoms with Crippen molar-refractivity contribution in [3.8, 4) is 0 Å². The second-order valence-electron chi connectivity index (χ2n) is 2.90. The van der Waals surface area contributed by atoms with Gasteiger partial charge < -0.3 is 4.90 Å². The summed E-state index contributed by atoms with van der Waals surface area (Å²) in [6.45, 7) is 3.56. The molecule has 0 radical (unpaired) electrons. The minimum atomic E-state index is 0.218. The quantitative estimate of drug-likeness (QED) is 0.538. The molecule has 0 aromatic carbocycles. The molecule has 2 unspecified atom stereocenters. The molecular formula is C9H14N2. The van der Waals surface area contributed by atoms with Crippen LogP contribution in [0.4, 0.5) is 0 Å². The van der Waals surface area contributed by atoms with Crippen LogP contribution in [0.2, 0.25) is 0 Å². The predicted octanol–water partition coefficient (Wildman–Crippen LogP) is 1.11. The minimum Gasteiger partial charge on any atom is -0.301 e. The molecule has 0 N–H and O–H groups in total. The van der Waals surface area contributed by atoms with Gasteiger partial charge in [-0.15, -0.1) is 0 Å². The van der Waals surface area contributed by atoms with Gasteiger partial charge in [-0.2, -0.15) is 0 Å². The van der Waals surface area contributed by atoms with Crippen LogP contribution in [-0.4, -0.2) is 37.8 Å². The van der Waals surface area contributed by atoms with Crippen molar-refractivity contribution in [1.82, 2.24) is 4.90 Å². The van der Waals surface area contributed by atoms with Gasteiger partial charge in [0.1, 0.15) is 0 Å². The third-order valence-electron chi connectivity index (χ3n) is 1.88. The standard InChI is InChI=1S/C9H14N2/c1-10-8-6-4-5-7-9(8)11(2)3/h4-9H,1H2,2-3H3. The van der Waals surface area contributed by atoms with E-state index in [1.165, 1.54) is 0 Å². The molecule has 0 aromatic rings. The first-order valence-corrected chi connectivity index (χ1v) is 3.73. The Balaban J connectivity index is 2.70.